The Labute approximate surface area is 695 Å². The lowest BCUT2D eigenvalue weighted by atomic mass is 9.89. The largest absolute Gasteiger partial charge is 0.469 e. The van der Waals surface area contributed by atoms with Gasteiger partial charge < -0.3 is 44.3 Å². The van der Waals surface area contributed by atoms with E-state index in [1.165, 1.54) is 73.6 Å². The molecule has 0 amide bonds. The molecule has 16 nitrogen and oxygen atoms in total. The Morgan fingerprint density at radius 3 is 1.72 bits per heavy atom. The number of esters is 4. The normalized spacial score (nSPS) is 13.7. The summed E-state index contributed by atoms with van der Waals surface area (Å²) in [6.07, 6.45) is 5.95. The first-order chi connectivity index (χ1) is 48.3. The van der Waals surface area contributed by atoms with Crippen LogP contribution in [0.3, 0.4) is 0 Å². The number of carbonyl (C=O) groups excluding carboxylic acids is 6. The number of benzene rings is 1. The Morgan fingerprint density at radius 1 is 0.654 bits per heavy atom. The van der Waals surface area contributed by atoms with Crippen molar-refractivity contribution in [3.63, 3.8) is 0 Å². The monoisotopic (exact) mass is 1790 g/mol. The van der Waals surface area contributed by atoms with E-state index < -0.39 is 29.3 Å². The van der Waals surface area contributed by atoms with Crippen LogP contribution in [0, 0.1) is 5.41 Å². The Balaban J connectivity index is 0.000000607. The van der Waals surface area contributed by atoms with E-state index in [-0.39, 0.29) is 77.3 Å². The lowest BCUT2D eigenvalue weighted by Gasteiger charge is -2.19. The summed E-state index contributed by atoms with van der Waals surface area (Å²) in [5.41, 5.74) is 4.88. The van der Waals surface area contributed by atoms with Gasteiger partial charge in [-0.05, 0) is 136 Å². The SMILES string of the molecule is C.C.CC(C)(C)C(=O)c1sc2c(c1Cl)CCNCC2.CCOC(=O)C(=O)Cl.CCOC(=O)C(O)c1cc(Cl)c(Cl)s1.CCOC(=O)Cc1sc(Cl)c(Cl)c1CC(=O)OC.Clc1ccsc1Cl.Clc1sc2c(c1Cl)CCN(Cc1ccccc1)CC2.OCCc1sc(Cl)c(Cl)c1CCO.[B]C1CCCO1. The Bertz CT molecular complexity index is 3720. The van der Waals surface area contributed by atoms with Crippen LogP contribution >= 0.6 is 207 Å². The molecule has 2 unspecified atom stereocenters. The average Bonchev–Trinajstić information content (AvgIpc) is 1.60. The molecule has 6 aromatic heterocycles. The fourth-order valence-electron chi connectivity index (χ4n) is 8.87. The molecule has 2 radical (unpaired) electrons. The highest BCUT2D eigenvalue weighted by molar-refractivity contribution is 7.18. The number of fused-ring (bicyclic) bond motifs is 2. The number of Topliss-reactive ketones (excluding diaryl/α,β-unsaturated/α-hetero) is 1. The van der Waals surface area contributed by atoms with Crippen molar-refractivity contribution in [2.75, 3.05) is 72.9 Å². The Kier molecular flexibility index (Phi) is 50.9. The van der Waals surface area contributed by atoms with Gasteiger partial charge in [0.05, 0.1) is 74.8 Å². The summed E-state index contributed by atoms with van der Waals surface area (Å²) in [6.45, 7) is 17.6. The number of ether oxygens (including phenoxy) is 5. The van der Waals surface area contributed by atoms with Crippen LogP contribution in [0.5, 0.6) is 0 Å². The van der Waals surface area contributed by atoms with Gasteiger partial charge in [0.2, 0.25) is 0 Å². The van der Waals surface area contributed by atoms with Gasteiger partial charge in [0.15, 0.2) is 11.9 Å². The molecule has 35 heteroatoms. The molecule has 0 spiro atoms. The minimum Gasteiger partial charge on any atom is -0.469 e. The van der Waals surface area contributed by atoms with E-state index in [2.05, 4.69) is 54.8 Å². The van der Waals surface area contributed by atoms with Gasteiger partial charge in [-0.15, -0.1) is 68.0 Å². The van der Waals surface area contributed by atoms with E-state index in [9.17, 15) is 33.9 Å². The molecular weight excluding hydrogens is 1710 g/mol. The number of aliphatic hydroxyl groups is 3. The first-order valence-corrected chi connectivity index (χ1v) is 40.8. The van der Waals surface area contributed by atoms with Crippen LogP contribution in [-0.2, 0) is 106 Å². The highest BCUT2D eigenvalue weighted by Gasteiger charge is 2.30. The van der Waals surface area contributed by atoms with Crippen LogP contribution in [0.4, 0.5) is 0 Å². The van der Waals surface area contributed by atoms with Crippen molar-refractivity contribution in [3.8, 4) is 0 Å². The van der Waals surface area contributed by atoms with Gasteiger partial charge in [-0.2, -0.15) is 0 Å². The number of methoxy groups -OCH3 is 1. The van der Waals surface area contributed by atoms with Crippen LogP contribution in [-0.4, -0.2) is 142 Å². The van der Waals surface area contributed by atoms with Gasteiger partial charge in [-0.3, -0.25) is 24.1 Å². The summed E-state index contributed by atoms with van der Waals surface area (Å²) in [5.74, 6) is -2.33. The Morgan fingerprint density at radius 2 is 1.23 bits per heavy atom. The fraction of sp³-hybridized carbons (Fsp3) is 0.478. The maximum atomic E-state index is 12.3. The van der Waals surface area contributed by atoms with Gasteiger partial charge in [0.25, 0.3) is 0 Å². The molecule has 1 saturated heterocycles. The highest BCUT2D eigenvalue weighted by atomic mass is 35.5. The zero-order chi connectivity index (χ0) is 76.4. The lowest BCUT2D eigenvalue weighted by molar-refractivity contribution is -0.153. The van der Waals surface area contributed by atoms with Crippen LogP contribution in [0.15, 0.2) is 47.8 Å². The molecule has 578 valence electrons. The van der Waals surface area contributed by atoms with Crippen molar-refractivity contribution in [1.29, 1.82) is 0 Å². The number of ketones is 1. The molecule has 0 aliphatic carbocycles. The van der Waals surface area contributed by atoms with E-state index in [0.29, 0.717) is 77.2 Å². The molecule has 104 heavy (non-hydrogen) atoms. The second-order valence-electron chi connectivity index (χ2n) is 22.2. The second-order valence-corrected chi connectivity index (χ2v) is 34.3. The van der Waals surface area contributed by atoms with Crippen LogP contribution in [0.25, 0.3) is 0 Å². The number of rotatable bonds is 17. The summed E-state index contributed by atoms with van der Waals surface area (Å²) in [6, 6.07) is 13.9. The molecule has 0 saturated carbocycles. The fourth-order valence-corrected chi connectivity index (χ4v) is 18.3. The van der Waals surface area contributed by atoms with Crippen molar-refractivity contribution in [3.05, 3.63) is 157 Å². The molecule has 1 aromatic carbocycles. The van der Waals surface area contributed by atoms with Gasteiger partial charge in [-0.1, -0.05) is 194 Å². The third-order valence-corrected chi connectivity index (χ3v) is 25.7. The number of nitrogens with one attached hydrogen (secondary N) is 1. The van der Waals surface area contributed by atoms with Gasteiger partial charge in [0, 0.05) is 81.7 Å². The van der Waals surface area contributed by atoms with Crippen molar-refractivity contribution < 1.29 is 67.8 Å². The predicted molar refractivity (Wildman–Crippen MR) is 439 cm³/mol. The van der Waals surface area contributed by atoms with E-state index in [0.717, 1.165) is 114 Å². The van der Waals surface area contributed by atoms with E-state index in [4.69, 9.17) is 167 Å². The van der Waals surface area contributed by atoms with Crippen LogP contribution < -0.4 is 5.32 Å². The summed E-state index contributed by atoms with van der Waals surface area (Å²) in [7, 11) is 6.60. The summed E-state index contributed by atoms with van der Waals surface area (Å²) < 4.78 is 25.8. The Hall–Kier alpha value is -2.06. The number of carbonyl (C=O) groups is 6. The summed E-state index contributed by atoms with van der Waals surface area (Å²) in [4.78, 5) is 73.9. The van der Waals surface area contributed by atoms with Crippen LogP contribution in [0.2, 0.25) is 51.8 Å². The smallest absolute Gasteiger partial charge is 0.391 e. The van der Waals surface area contributed by atoms with Crippen LogP contribution in [0.1, 0.15) is 137 Å². The van der Waals surface area contributed by atoms with Crippen molar-refractivity contribution in [2.24, 2.45) is 5.41 Å². The molecule has 2 atom stereocenters. The molecule has 3 aliphatic heterocycles. The van der Waals surface area contributed by atoms with Gasteiger partial charge in [-0.25, -0.2) is 9.59 Å². The number of aliphatic hydroxyl groups excluding tert-OH is 3. The first kappa shape index (κ1) is 100.0. The average molecular weight is 1800 g/mol. The quantitative estimate of drug-likeness (QED) is 0.0166. The number of hydrogen-bond donors (Lipinski definition) is 4. The second kappa shape index (κ2) is 53.0. The first-order valence-electron chi connectivity index (χ1n) is 31.3. The molecule has 10 rings (SSSR count). The number of thiophene rings is 6. The molecule has 0 bridgehead atoms. The van der Waals surface area contributed by atoms with Crippen molar-refractivity contribution in [1.82, 2.24) is 10.2 Å². The molecule has 3 aliphatic rings. The maximum Gasteiger partial charge on any atom is 0.391 e. The third-order valence-electron chi connectivity index (χ3n) is 13.8. The topological polar surface area (TPSA) is 225 Å². The number of halogens is 12. The van der Waals surface area contributed by atoms with Crippen molar-refractivity contribution in [2.45, 2.75) is 139 Å². The maximum absolute atomic E-state index is 12.3. The zero-order valence-electron chi connectivity index (χ0n) is 56.5. The lowest BCUT2D eigenvalue weighted by Crippen LogP contribution is -2.25. The predicted octanol–water partition coefficient (Wildman–Crippen LogP) is 20.6. The molecule has 7 aromatic rings. The molecule has 1 fully saturated rings. The van der Waals surface area contributed by atoms with Gasteiger partial charge in [0.1, 0.15) is 29.5 Å². The molecule has 9 heterocycles. The molecular formula is C69H85BCl12N2O14S6. The number of hydrogen-bond acceptors (Lipinski definition) is 22. The summed E-state index contributed by atoms with van der Waals surface area (Å²) >= 11 is 77.7. The minimum absolute atomic E-state index is 0. The highest BCUT2D eigenvalue weighted by Crippen LogP contribution is 2.42. The van der Waals surface area contributed by atoms with E-state index in [1.54, 1.807) is 49.5 Å². The molecule has 4 N–H and O–H groups in total. The van der Waals surface area contributed by atoms with Gasteiger partial charge >= 0.3 is 29.1 Å². The standard InChI is InChI=1S/C15H15Cl2NS.C13H18ClNOS.C11H12Cl2O4S.C8H8Cl2O3S.C8H10Cl2O2S.C4H7BO.C4H2Cl2S.C4H5ClO3.2CH4/c16-14-12-6-8-18(9-7-13(12)19-15(14)17)10-11-4-2-1-3-5-11;1-13(2,3)12(16)11-10(14)8-4-6-15-7-5-9(8)17-11;1-3-17-9(15)5-7-6(4-8(14)16-2)10(12)11(13)18-7;1-2-13-8(12)6(11)5-3-4(9)7(10)14-5;9-7-5(1-3-11)6(2-4-12)13-8(7)10;5-4-2-1-3-6-4;5-3-1-2-7-4(3)6;1-2-8-4(7)3(5)6;;/h1-5H,6-10H2;15H,4-7H2,1-3H3;3-5H2,1-2H3;3,6,11H,2H2,1H3;11-12H,1-4H2;4H,1-3H2;1-2H;2H2,1H3;2*1H4. The zero-order valence-corrected chi connectivity index (χ0v) is 70.4. The minimum atomic E-state index is -1.30. The van der Waals surface area contributed by atoms with Crippen molar-refractivity contribution >= 4 is 250 Å². The number of nitrogens with zero attached hydrogens (tertiary/aromatic N) is 1. The van der Waals surface area contributed by atoms with E-state index >= 15 is 0 Å². The van der Waals surface area contributed by atoms with E-state index in [1.807, 2.05) is 26.2 Å². The summed E-state index contributed by atoms with van der Waals surface area (Å²) in [5, 5.41) is 34.4. The third kappa shape index (κ3) is 34.7.